The van der Waals surface area contributed by atoms with Gasteiger partial charge in [-0.25, -0.2) is 0 Å². The highest BCUT2D eigenvalue weighted by atomic mass is 16.4. The Morgan fingerprint density at radius 3 is 2.42 bits per heavy atom. The molecule has 1 saturated heterocycles. The summed E-state index contributed by atoms with van der Waals surface area (Å²) in [6.07, 6.45) is 2.13. The van der Waals surface area contributed by atoms with Gasteiger partial charge in [0.25, 0.3) is 0 Å². The fraction of sp³-hybridized carbons (Fsp3) is 0.857. The van der Waals surface area contributed by atoms with Crippen LogP contribution in [0.4, 0.5) is 0 Å². The van der Waals surface area contributed by atoms with E-state index in [0.29, 0.717) is 25.9 Å². The van der Waals surface area contributed by atoms with E-state index in [1.807, 2.05) is 32.6 Å². The first-order chi connectivity index (χ1) is 8.86. The van der Waals surface area contributed by atoms with Crippen LogP contribution in [0.2, 0.25) is 0 Å². The third-order valence-corrected chi connectivity index (χ3v) is 4.44. The smallest absolute Gasteiger partial charge is 0.310 e. The zero-order chi connectivity index (χ0) is 14.6. The van der Waals surface area contributed by atoms with E-state index in [-0.39, 0.29) is 18.0 Å². The Morgan fingerprint density at radius 2 is 2.00 bits per heavy atom. The minimum Gasteiger partial charge on any atom is -0.481 e. The van der Waals surface area contributed by atoms with Gasteiger partial charge in [0.2, 0.25) is 5.91 Å². The maximum atomic E-state index is 12.1. The lowest BCUT2D eigenvalue weighted by Gasteiger charge is -2.27. The Balaban J connectivity index is 2.63. The number of hydrogen-bond donors (Lipinski definition) is 2. The molecule has 0 radical (unpaired) electrons. The second-order valence-corrected chi connectivity index (χ2v) is 5.65. The van der Waals surface area contributed by atoms with Crippen molar-refractivity contribution in [3.8, 4) is 0 Å². The fourth-order valence-electron chi connectivity index (χ4n) is 2.48. The van der Waals surface area contributed by atoms with Gasteiger partial charge in [0.1, 0.15) is 0 Å². The van der Waals surface area contributed by atoms with E-state index in [0.717, 1.165) is 6.42 Å². The molecule has 0 saturated carbocycles. The summed E-state index contributed by atoms with van der Waals surface area (Å²) in [7, 11) is 0. The van der Waals surface area contributed by atoms with Crippen LogP contribution in [0.3, 0.4) is 0 Å². The Labute approximate surface area is 115 Å². The van der Waals surface area contributed by atoms with Crippen molar-refractivity contribution >= 4 is 11.9 Å². The maximum Gasteiger partial charge on any atom is 0.310 e. The third kappa shape index (κ3) is 3.47. The average Bonchev–Trinajstić information content (AvgIpc) is 2.83. The summed E-state index contributed by atoms with van der Waals surface area (Å²) in [6, 6.07) is -0.102. The quantitative estimate of drug-likeness (QED) is 0.767. The molecule has 1 rings (SSSR count). The largest absolute Gasteiger partial charge is 0.481 e. The molecule has 1 heterocycles. The van der Waals surface area contributed by atoms with Crippen molar-refractivity contribution in [2.24, 2.45) is 5.41 Å². The lowest BCUT2D eigenvalue weighted by Crippen LogP contribution is -2.47. The Hall–Kier alpha value is -1.10. The number of aliphatic carboxylic acids is 1. The highest BCUT2D eigenvalue weighted by molar-refractivity contribution is 5.82. The maximum absolute atomic E-state index is 12.1. The van der Waals surface area contributed by atoms with Gasteiger partial charge in [-0.3, -0.25) is 14.5 Å². The van der Waals surface area contributed by atoms with Gasteiger partial charge in [0.15, 0.2) is 0 Å². The summed E-state index contributed by atoms with van der Waals surface area (Å²) in [5.74, 6) is -0.751. The Bertz CT molecular complexity index is 346. The number of nitrogens with zero attached hydrogens (tertiary/aromatic N) is 1. The van der Waals surface area contributed by atoms with Crippen molar-refractivity contribution in [2.75, 3.05) is 13.1 Å². The number of rotatable bonds is 6. The zero-order valence-corrected chi connectivity index (χ0v) is 12.4. The lowest BCUT2D eigenvalue weighted by atomic mass is 9.84. The van der Waals surface area contributed by atoms with Crippen molar-refractivity contribution in [1.82, 2.24) is 10.2 Å². The van der Waals surface area contributed by atoms with Crippen LogP contribution in [-0.2, 0) is 9.59 Å². The lowest BCUT2D eigenvalue weighted by molar-refractivity contribution is -0.148. The molecular weight excluding hydrogens is 244 g/mol. The van der Waals surface area contributed by atoms with Crippen molar-refractivity contribution in [3.05, 3.63) is 0 Å². The van der Waals surface area contributed by atoms with E-state index < -0.39 is 11.4 Å². The average molecular weight is 270 g/mol. The van der Waals surface area contributed by atoms with Gasteiger partial charge in [0, 0.05) is 19.1 Å². The van der Waals surface area contributed by atoms with E-state index >= 15 is 0 Å². The summed E-state index contributed by atoms with van der Waals surface area (Å²) >= 11 is 0. The summed E-state index contributed by atoms with van der Waals surface area (Å²) in [4.78, 5) is 25.4. The summed E-state index contributed by atoms with van der Waals surface area (Å²) in [5.41, 5.74) is -0.676. The Morgan fingerprint density at radius 1 is 1.37 bits per heavy atom. The number of carbonyl (C=O) groups excluding carboxylic acids is 1. The van der Waals surface area contributed by atoms with Gasteiger partial charge in [0.05, 0.1) is 11.5 Å². The number of carboxylic acids is 1. The molecule has 0 aromatic carbocycles. The van der Waals surface area contributed by atoms with Crippen LogP contribution in [0.1, 0.15) is 47.0 Å². The second kappa shape index (κ2) is 6.37. The molecule has 2 N–H and O–H groups in total. The molecule has 110 valence electrons. The Kier molecular flexibility index (Phi) is 5.35. The normalized spacial score (nSPS) is 26.9. The topological polar surface area (TPSA) is 69.6 Å². The van der Waals surface area contributed by atoms with Crippen molar-refractivity contribution in [3.63, 3.8) is 0 Å². The van der Waals surface area contributed by atoms with Gasteiger partial charge < -0.3 is 10.4 Å². The molecule has 1 fully saturated rings. The number of amides is 1. The molecule has 5 heteroatoms. The van der Waals surface area contributed by atoms with Crippen LogP contribution in [0.5, 0.6) is 0 Å². The SMILES string of the molecule is CCC(C)NC(=O)C(C)N1CCC(CC)(C(=O)O)C1. The van der Waals surface area contributed by atoms with Crippen LogP contribution in [-0.4, -0.2) is 47.1 Å². The molecule has 0 bridgehead atoms. The standard InChI is InChI=1S/C14H26N2O3/c1-5-10(3)15-12(17)11(4)16-8-7-14(6-2,9-16)13(18)19/h10-11H,5-9H2,1-4H3,(H,15,17)(H,18,19). The molecule has 5 nitrogen and oxygen atoms in total. The minimum absolute atomic E-state index is 0.00774. The van der Waals surface area contributed by atoms with E-state index in [9.17, 15) is 14.7 Å². The van der Waals surface area contributed by atoms with Gasteiger partial charge >= 0.3 is 5.97 Å². The number of likely N-dealkylation sites (tertiary alicyclic amines) is 1. The molecule has 1 aliphatic heterocycles. The van der Waals surface area contributed by atoms with Crippen molar-refractivity contribution in [1.29, 1.82) is 0 Å². The molecule has 0 aromatic heterocycles. The monoisotopic (exact) mass is 270 g/mol. The van der Waals surface area contributed by atoms with E-state index in [1.165, 1.54) is 0 Å². The summed E-state index contributed by atoms with van der Waals surface area (Å²) in [5, 5.41) is 12.3. The highest BCUT2D eigenvalue weighted by Gasteiger charge is 2.45. The molecule has 19 heavy (non-hydrogen) atoms. The predicted octanol–water partition coefficient (Wildman–Crippen LogP) is 1.48. The molecular formula is C14H26N2O3. The van der Waals surface area contributed by atoms with Crippen molar-refractivity contribution in [2.45, 2.75) is 59.0 Å². The zero-order valence-electron chi connectivity index (χ0n) is 12.4. The first-order valence-corrected chi connectivity index (χ1v) is 7.14. The van der Waals surface area contributed by atoms with Crippen LogP contribution in [0, 0.1) is 5.41 Å². The molecule has 0 aromatic rings. The molecule has 1 amide bonds. The molecule has 0 spiro atoms. The number of hydrogen-bond acceptors (Lipinski definition) is 3. The molecule has 1 aliphatic rings. The number of carboxylic acid groups (broad SMARTS) is 1. The molecule has 3 unspecified atom stereocenters. The summed E-state index contributed by atoms with van der Waals surface area (Å²) < 4.78 is 0. The summed E-state index contributed by atoms with van der Waals surface area (Å²) in [6.45, 7) is 8.90. The predicted molar refractivity (Wildman–Crippen MR) is 73.9 cm³/mol. The minimum atomic E-state index is -0.743. The first-order valence-electron chi connectivity index (χ1n) is 7.14. The van der Waals surface area contributed by atoms with Gasteiger partial charge in [-0.2, -0.15) is 0 Å². The first kappa shape index (κ1) is 16.0. The van der Waals surface area contributed by atoms with Gasteiger partial charge in [-0.15, -0.1) is 0 Å². The second-order valence-electron chi connectivity index (χ2n) is 5.65. The van der Waals surface area contributed by atoms with Gasteiger partial charge in [-0.1, -0.05) is 13.8 Å². The van der Waals surface area contributed by atoms with Crippen LogP contribution in [0.15, 0.2) is 0 Å². The highest BCUT2D eigenvalue weighted by Crippen LogP contribution is 2.35. The number of carbonyl (C=O) groups is 2. The van der Waals surface area contributed by atoms with E-state index in [1.54, 1.807) is 0 Å². The van der Waals surface area contributed by atoms with E-state index in [4.69, 9.17) is 0 Å². The molecule has 3 atom stereocenters. The van der Waals surface area contributed by atoms with E-state index in [2.05, 4.69) is 5.32 Å². The van der Waals surface area contributed by atoms with Crippen molar-refractivity contribution < 1.29 is 14.7 Å². The van der Waals surface area contributed by atoms with Crippen LogP contribution < -0.4 is 5.32 Å². The number of nitrogens with one attached hydrogen (secondary N) is 1. The third-order valence-electron chi connectivity index (χ3n) is 4.44. The molecule has 0 aliphatic carbocycles. The van der Waals surface area contributed by atoms with Crippen LogP contribution >= 0.6 is 0 Å². The van der Waals surface area contributed by atoms with Crippen LogP contribution in [0.25, 0.3) is 0 Å². The fourth-order valence-corrected chi connectivity index (χ4v) is 2.48. The van der Waals surface area contributed by atoms with Gasteiger partial charge in [-0.05, 0) is 33.1 Å².